The minimum atomic E-state index is 0.345. The summed E-state index contributed by atoms with van der Waals surface area (Å²) in [5, 5.41) is 0. The first-order chi connectivity index (χ1) is 8.21. The number of hydrogen-bond donors (Lipinski definition) is 0. The van der Waals surface area contributed by atoms with Crippen LogP contribution >= 0.6 is 15.9 Å². The van der Waals surface area contributed by atoms with Crippen LogP contribution in [0.2, 0.25) is 0 Å². The Kier molecular flexibility index (Phi) is 6.21. The van der Waals surface area contributed by atoms with Crippen molar-refractivity contribution in [3.05, 3.63) is 10.7 Å². The Morgan fingerprint density at radius 2 is 2.06 bits per heavy atom. The van der Waals surface area contributed by atoms with E-state index < -0.39 is 0 Å². The topological polar surface area (TPSA) is 47.5 Å². The van der Waals surface area contributed by atoms with E-state index in [0.29, 0.717) is 18.5 Å². The summed E-state index contributed by atoms with van der Waals surface area (Å²) in [6.45, 7) is 7.74. The van der Waals surface area contributed by atoms with Crippen molar-refractivity contribution in [1.29, 1.82) is 0 Å². The fourth-order valence-electron chi connectivity index (χ4n) is 1.35. The maximum atomic E-state index is 5.47. The van der Waals surface area contributed by atoms with Crippen LogP contribution in [0.15, 0.2) is 10.7 Å². The standard InChI is InChI=1S/C11H18BrN3O2/c1-4-15(5-2)6-7-17-11-13-8-9(12)10(14-11)16-3/h8H,4-7H2,1-3H3. The molecule has 0 bridgehead atoms. The van der Waals surface area contributed by atoms with Crippen molar-refractivity contribution < 1.29 is 9.47 Å². The number of rotatable bonds is 7. The Morgan fingerprint density at radius 1 is 1.35 bits per heavy atom. The molecule has 0 spiro atoms. The van der Waals surface area contributed by atoms with Crippen molar-refractivity contribution in [2.24, 2.45) is 0 Å². The Hall–Kier alpha value is -0.880. The number of hydrogen-bond acceptors (Lipinski definition) is 5. The Balaban J connectivity index is 2.46. The fraction of sp³-hybridized carbons (Fsp3) is 0.636. The zero-order valence-electron chi connectivity index (χ0n) is 10.4. The maximum Gasteiger partial charge on any atom is 0.319 e. The molecule has 0 aliphatic rings. The number of methoxy groups -OCH3 is 1. The van der Waals surface area contributed by atoms with Gasteiger partial charge in [0, 0.05) is 6.54 Å². The Bertz CT molecular complexity index is 345. The van der Waals surface area contributed by atoms with Gasteiger partial charge in [0.1, 0.15) is 6.61 Å². The van der Waals surface area contributed by atoms with E-state index in [0.717, 1.165) is 24.1 Å². The first kappa shape index (κ1) is 14.2. The van der Waals surface area contributed by atoms with Crippen molar-refractivity contribution in [2.45, 2.75) is 13.8 Å². The predicted molar refractivity (Wildman–Crippen MR) is 69.6 cm³/mol. The fourth-order valence-corrected chi connectivity index (χ4v) is 1.71. The van der Waals surface area contributed by atoms with Gasteiger partial charge in [-0.1, -0.05) is 13.8 Å². The summed E-state index contributed by atoms with van der Waals surface area (Å²) in [7, 11) is 1.56. The molecule has 0 fully saturated rings. The van der Waals surface area contributed by atoms with Gasteiger partial charge in [-0.2, -0.15) is 4.98 Å². The highest BCUT2D eigenvalue weighted by Crippen LogP contribution is 2.22. The van der Waals surface area contributed by atoms with E-state index in [-0.39, 0.29) is 0 Å². The molecule has 0 radical (unpaired) electrons. The van der Waals surface area contributed by atoms with Crippen LogP contribution in [0.4, 0.5) is 0 Å². The first-order valence-corrected chi connectivity index (χ1v) is 6.42. The highest BCUT2D eigenvalue weighted by molar-refractivity contribution is 9.10. The third kappa shape index (κ3) is 4.47. The molecule has 0 N–H and O–H groups in total. The highest BCUT2D eigenvalue weighted by atomic mass is 79.9. The molecule has 0 aliphatic heterocycles. The molecule has 6 heteroatoms. The van der Waals surface area contributed by atoms with Gasteiger partial charge in [-0.05, 0) is 29.0 Å². The lowest BCUT2D eigenvalue weighted by molar-refractivity contribution is 0.210. The molecule has 0 amide bonds. The molecule has 96 valence electrons. The van der Waals surface area contributed by atoms with Gasteiger partial charge in [-0.15, -0.1) is 0 Å². The smallest absolute Gasteiger partial charge is 0.319 e. The van der Waals surface area contributed by atoms with Gasteiger partial charge in [0.15, 0.2) is 0 Å². The van der Waals surface area contributed by atoms with Crippen molar-refractivity contribution in [2.75, 3.05) is 33.4 Å². The van der Waals surface area contributed by atoms with E-state index >= 15 is 0 Å². The molecule has 0 unspecified atom stereocenters. The molecular formula is C11H18BrN3O2. The summed E-state index contributed by atoms with van der Waals surface area (Å²) >= 11 is 3.29. The third-order valence-corrected chi connectivity index (χ3v) is 2.96. The molecule has 5 nitrogen and oxygen atoms in total. The normalized spacial score (nSPS) is 10.6. The van der Waals surface area contributed by atoms with Gasteiger partial charge >= 0.3 is 6.01 Å². The van der Waals surface area contributed by atoms with E-state index in [9.17, 15) is 0 Å². The van der Waals surface area contributed by atoms with Crippen molar-refractivity contribution in [1.82, 2.24) is 14.9 Å². The number of ether oxygens (including phenoxy) is 2. The summed E-state index contributed by atoms with van der Waals surface area (Å²) in [6, 6.07) is 0.345. The van der Waals surface area contributed by atoms with Crippen LogP contribution in [-0.2, 0) is 0 Å². The number of aromatic nitrogens is 2. The number of halogens is 1. The number of nitrogens with zero attached hydrogens (tertiary/aromatic N) is 3. The third-order valence-electron chi connectivity index (χ3n) is 2.42. The molecule has 0 aromatic carbocycles. The van der Waals surface area contributed by atoms with Gasteiger partial charge in [0.2, 0.25) is 5.88 Å². The van der Waals surface area contributed by atoms with Crippen LogP contribution in [0, 0.1) is 0 Å². The molecule has 0 aliphatic carbocycles. The van der Waals surface area contributed by atoms with E-state index in [2.05, 4.69) is 44.6 Å². The molecule has 0 saturated carbocycles. The van der Waals surface area contributed by atoms with Crippen molar-refractivity contribution in [3.8, 4) is 11.9 Å². The lowest BCUT2D eigenvalue weighted by Crippen LogP contribution is -2.28. The van der Waals surface area contributed by atoms with Crippen LogP contribution < -0.4 is 9.47 Å². The molecule has 17 heavy (non-hydrogen) atoms. The van der Waals surface area contributed by atoms with E-state index in [1.807, 2.05) is 0 Å². The van der Waals surface area contributed by atoms with Crippen LogP contribution in [0.3, 0.4) is 0 Å². The van der Waals surface area contributed by atoms with E-state index in [1.165, 1.54) is 0 Å². The second-order valence-corrected chi connectivity index (χ2v) is 4.24. The van der Waals surface area contributed by atoms with Gasteiger partial charge in [0.05, 0.1) is 17.8 Å². The number of likely N-dealkylation sites (N-methyl/N-ethyl adjacent to an activating group) is 1. The minimum absolute atomic E-state index is 0.345. The monoisotopic (exact) mass is 303 g/mol. The van der Waals surface area contributed by atoms with Gasteiger partial charge < -0.3 is 14.4 Å². The molecule has 0 saturated heterocycles. The SMILES string of the molecule is CCN(CC)CCOc1ncc(Br)c(OC)n1. The average Bonchev–Trinajstić information content (AvgIpc) is 2.36. The molecule has 1 aromatic rings. The van der Waals surface area contributed by atoms with Crippen LogP contribution in [0.25, 0.3) is 0 Å². The molecule has 1 heterocycles. The van der Waals surface area contributed by atoms with Crippen LogP contribution in [0.1, 0.15) is 13.8 Å². The second-order valence-electron chi connectivity index (χ2n) is 3.39. The summed E-state index contributed by atoms with van der Waals surface area (Å²) in [5.41, 5.74) is 0. The predicted octanol–water partition coefficient (Wildman–Crippen LogP) is 1.97. The van der Waals surface area contributed by atoms with E-state index in [4.69, 9.17) is 9.47 Å². The molecular weight excluding hydrogens is 286 g/mol. The summed E-state index contributed by atoms with van der Waals surface area (Å²) < 4.78 is 11.3. The van der Waals surface area contributed by atoms with Crippen LogP contribution in [0.5, 0.6) is 11.9 Å². The average molecular weight is 304 g/mol. The molecule has 0 atom stereocenters. The maximum absolute atomic E-state index is 5.47. The van der Waals surface area contributed by atoms with Gasteiger partial charge in [0.25, 0.3) is 0 Å². The summed E-state index contributed by atoms with van der Waals surface area (Å²) in [4.78, 5) is 10.4. The second kappa shape index (κ2) is 7.45. The van der Waals surface area contributed by atoms with Crippen LogP contribution in [-0.4, -0.2) is 48.2 Å². The Morgan fingerprint density at radius 3 is 2.65 bits per heavy atom. The summed E-state index contributed by atoms with van der Waals surface area (Å²) in [5.74, 6) is 0.484. The largest absolute Gasteiger partial charge is 0.480 e. The highest BCUT2D eigenvalue weighted by Gasteiger charge is 2.06. The quantitative estimate of drug-likeness (QED) is 0.771. The Labute approximate surface area is 110 Å². The van der Waals surface area contributed by atoms with E-state index in [1.54, 1.807) is 13.3 Å². The lowest BCUT2D eigenvalue weighted by Gasteiger charge is -2.17. The zero-order valence-corrected chi connectivity index (χ0v) is 12.0. The van der Waals surface area contributed by atoms with Crippen molar-refractivity contribution >= 4 is 15.9 Å². The lowest BCUT2D eigenvalue weighted by atomic mass is 10.5. The van der Waals surface area contributed by atoms with Gasteiger partial charge in [-0.3, -0.25) is 0 Å². The molecule has 1 aromatic heterocycles. The summed E-state index contributed by atoms with van der Waals surface area (Å²) in [6.07, 6.45) is 1.62. The zero-order chi connectivity index (χ0) is 12.7. The minimum Gasteiger partial charge on any atom is -0.480 e. The van der Waals surface area contributed by atoms with Gasteiger partial charge in [-0.25, -0.2) is 4.98 Å². The first-order valence-electron chi connectivity index (χ1n) is 5.62. The molecule has 1 rings (SSSR count). The van der Waals surface area contributed by atoms with Crippen molar-refractivity contribution in [3.63, 3.8) is 0 Å².